The normalized spacial score (nSPS) is 11.9. The van der Waals surface area contributed by atoms with Gasteiger partial charge in [0.25, 0.3) is 20.0 Å². The molecule has 0 bridgehead atoms. The number of hydrogen-bond acceptors (Lipinski definition) is 7. The van der Waals surface area contributed by atoms with E-state index in [2.05, 4.69) is 15.0 Å². The predicted molar refractivity (Wildman–Crippen MR) is 191 cm³/mol. The van der Waals surface area contributed by atoms with Gasteiger partial charge in [0, 0.05) is 45.3 Å². The molecule has 0 atom stereocenters. The van der Waals surface area contributed by atoms with Gasteiger partial charge in [0.15, 0.2) is 17.4 Å². The quantitative estimate of drug-likeness (QED) is 0.0466. The van der Waals surface area contributed by atoms with E-state index in [1.807, 2.05) is 9.44 Å². The largest absolute Gasteiger partial charge is 0.501 e. The van der Waals surface area contributed by atoms with E-state index in [0.29, 0.717) is 45.2 Å². The molecule has 0 amide bonds. The van der Waals surface area contributed by atoms with Crippen LogP contribution >= 0.6 is 34.8 Å². The van der Waals surface area contributed by atoms with E-state index in [1.165, 1.54) is 56.1 Å². The van der Waals surface area contributed by atoms with Gasteiger partial charge < -0.3 is 19.4 Å². The Hall–Kier alpha value is -4.68. The lowest BCUT2D eigenvalue weighted by Crippen LogP contribution is -2.15. The van der Waals surface area contributed by atoms with Crippen molar-refractivity contribution in [3.63, 3.8) is 0 Å². The third-order valence-corrected chi connectivity index (χ3v) is 10.7. The second kappa shape index (κ2) is 15.5. The van der Waals surface area contributed by atoms with E-state index in [-0.39, 0.29) is 26.5 Å². The Morgan fingerprint density at radius 3 is 2.19 bits per heavy atom. The first kappa shape index (κ1) is 38.5. The van der Waals surface area contributed by atoms with Crippen LogP contribution in [0.1, 0.15) is 12.5 Å². The molecule has 0 radical (unpaired) electrons. The molecule has 4 N–H and O–H groups in total. The molecular weight excluding hydrogens is 797 g/mol. The molecule has 0 spiro atoms. The molecule has 0 fully saturated rings. The van der Waals surface area contributed by atoms with Crippen molar-refractivity contribution in [2.24, 2.45) is 0 Å². The van der Waals surface area contributed by atoms with Crippen molar-refractivity contribution in [2.75, 3.05) is 23.2 Å². The molecule has 0 aliphatic rings. The molecule has 52 heavy (non-hydrogen) atoms. The molecule has 274 valence electrons. The van der Waals surface area contributed by atoms with Gasteiger partial charge in [-0.1, -0.05) is 34.8 Å². The van der Waals surface area contributed by atoms with Crippen molar-refractivity contribution in [1.29, 1.82) is 0 Å². The van der Waals surface area contributed by atoms with Gasteiger partial charge in [0.05, 0.1) is 41.2 Å². The maximum Gasteiger partial charge on any atom is 0.265 e. The van der Waals surface area contributed by atoms with Crippen molar-refractivity contribution in [1.82, 2.24) is 15.0 Å². The fourth-order valence-electron chi connectivity index (χ4n) is 4.71. The number of aromatic amines is 2. The molecule has 0 saturated heterocycles. The van der Waals surface area contributed by atoms with Gasteiger partial charge in [0.1, 0.15) is 21.4 Å². The number of anilines is 2. The maximum atomic E-state index is 14.2. The lowest BCUT2D eigenvalue weighted by atomic mass is 10.2. The molecule has 0 aliphatic carbocycles. The fraction of sp³-hybridized carbons (Fsp3) is 0.0938. The van der Waals surface area contributed by atoms with Crippen molar-refractivity contribution in [3.05, 3.63) is 111 Å². The number of halogens is 7. The van der Waals surface area contributed by atoms with E-state index in [0.717, 1.165) is 6.07 Å². The van der Waals surface area contributed by atoms with E-state index in [4.69, 9.17) is 44.3 Å². The first-order valence-electron chi connectivity index (χ1n) is 14.5. The minimum atomic E-state index is -4.22. The first-order chi connectivity index (χ1) is 24.6. The zero-order chi connectivity index (χ0) is 38.0. The van der Waals surface area contributed by atoms with Gasteiger partial charge in [-0.15, -0.1) is 0 Å². The fourth-order valence-corrected chi connectivity index (χ4v) is 7.68. The van der Waals surface area contributed by atoms with Crippen LogP contribution in [0, 0.1) is 23.4 Å². The summed E-state index contributed by atoms with van der Waals surface area (Å²) in [5, 5.41) is 0.894. The van der Waals surface area contributed by atoms with Gasteiger partial charge >= 0.3 is 0 Å². The van der Waals surface area contributed by atoms with Crippen LogP contribution < -0.4 is 14.2 Å². The minimum Gasteiger partial charge on any atom is -0.501 e. The maximum absolute atomic E-state index is 14.2. The summed E-state index contributed by atoms with van der Waals surface area (Å²) in [5.41, 5.74) is 0.111. The van der Waals surface area contributed by atoms with Crippen LogP contribution in [0.5, 0.6) is 5.75 Å². The van der Waals surface area contributed by atoms with Gasteiger partial charge in [-0.2, -0.15) is 9.37 Å². The van der Waals surface area contributed by atoms with Gasteiger partial charge in [-0.25, -0.2) is 30.0 Å². The third kappa shape index (κ3) is 8.18. The number of benzene rings is 3. The second-order valence-electron chi connectivity index (χ2n) is 10.4. The lowest BCUT2D eigenvalue weighted by molar-refractivity contribution is 0.272. The van der Waals surface area contributed by atoms with Crippen LogP contribution in [0.2, 0.25) is 15.1 Å². The smallest absolute Gasteiger partial charge is 0.265 e. The number of H-pyrrole nitrogens is 2. The number of rotatable bonds is 10. The number of hydrogen-bond donors (Lipinski definition) is 4. The van der Waals surface area contributed by atoms with E-state index < -0.39 is 60.0 Å². The van der Waals surface area contributed by atoms with Crippen molar-refractivity contribution < 1.29 is 43.9 Å². The highest BCUT2D eigenvalue weighted by atomic mass is 35.5. The number of nitrogens with one attached hydrogen (secondary N) is 4. The highest BCUT2D eigenvalue weighted by molar-refractivity contribution is 7.93. The number of nitrogens with zero attached hydrogens (tertiary/aromatic N) is 1. The summed E-state index contributed by atoms with van der Waals surface area (Å²) in [7, 11) is -7.05. The molecule has 6 rings (SSSR count). The van der Waals surface area contributed by atoms with Gasteiger partial charge in [-0.05, 0) is 55.5 Å². The Morgan fingerprint density at radius 1 is 0.808 bits per heavy atom. The highest BCUT2D eigenvalue weighted by Crippen LogP contribution is 2.36. The Kier molecular flexibility index (Phi) is 11.5. The van der Waals surface area contributed by atoms with Crippen LogP contribution in [-0.2, 0) is 24.8 Å². The summed E-state index contributed by atoms with van der Waals surface area (Å²) in [6.45, 7) is 2.10. The predicted octanol–water partition coefficient (Wildman–Crippen LogP) is 8.86. The van der Waals surface area contributed by atoms with Crippen molar-refractivity contribution in [2.45, 2.75) is 16.7 Å². The van der Waals surface area contributed by atoms with Gasteiger partial charge in [-0.3, -0.25) is 9.44 Å². The zero-order valence-electron chi connectivity index (χ0n) is 26.5. The first-order valence-corrected chi connectivity index (χ1v) is 18.6. The number of methoxy groups -OCH3 is 1. The summed E-state index contributed by atoms with van der Waals surface area (Å²) >= 11 is 17.3. The zero-order valence-corrected chi connectivity index (χ0v) is 30.4. The number of pyridine rings is 1. The van der Waals surface area contributed by atoms with E-state index in [1.54, 1.807) is 13.0 Å². The number of fused-ring (bicyclic) bond motifs is 2. The molecule has 11 nitrogen and oxygen atoms in total. The molecule has 20 heteroatoms. The van der Waals surface area contributed by atoms with E-state index >= 15 is 0 Å². The molecular formula is C32H24Cl3F4N5O6S2. The van der Waals surface area contributed by atoms with Gasteiger partial charge in [0.2, 0.25) is 5.95 Å². The second-order valence-corrected chi connectivity index (χ2v) is 15.0. The average Bonchev–Trinajstić information content (AvgIpc) is 3.71. The van der Waals surface area contributed by atoms with Crippen molar-refractivity contribution in [3.8, 4) is 5.75 Å². The summed E-state index contributed by atoms with van der Waals surface area (Å²) in [6, 6.07) is 9.71. The van der Waals surface area contributed by atoms with Crippen LogP contribution in [0.3, 0.4) is 0 Å². The Labute approximate surface area is 308 Å². The summed E-state index contributed by atoms with van der Waals surface area (Å²) < 4.78 is 120. The standard InChI is InChI=1S/C17H14ClF2N3O3S.C15H10Cl2F2N2O3S/c1-2-26-6-5-10-7-13(19)17(22-16(10)20)23-27(24,25)15-9-21-14-8-11(18)3-4-12(14)15;1-24-15-8(16)3-2-7-13(6-20-14(7)15)25(22,23)21-12-5-10(18)9(17)4-11(12)19/h3-9,21H,2H2,1H3,(H,22,23);2-6,20-21H,1H3/b6-5+;. The molecule has 0 aliphatic heterocycles. The van der Waals surface area contributed by atoms with Crippen LogP contribution in [0.25, 0.3) is 27.9 Å². The topological polar surface area (TPSA) is 155 Å². The summed E-state index contributed by atoms with van der Waals surface area (Å²) in [5.74, 6) is -4.51. The molecule has 3 heterocycles. The SMILES string of the molecule is CCO/C=C/c1cc(F)c(NS(=O)(=O)c2c[nH]c3cc(Cl)ccc23)nc1F.COc1c(Cl)ccc2c(S(=O)(=O)Nc3cc(F)c(Cl)cc3F)c[nH]c12. The molecule has 3 aromatic heterocycles. The Bertz CT molecular complexity index is 2570. The minimum absolute atomic E-state index is 0.143. The molecule has 3 aromatic carbocycles. The number of sulfonamides is 2. The average molecular weight is 821 g/mol. The molecule has 0 saturated carbocycles. The molecule has 0 unspecified atom stereocenters. The molecule has 6 aromatic rings. The van der Waals surface area contributed by atoms with Crippen LogP contribution in [0.15, 0.2) is 77.0 Å². The summed E-state index contributed by atoms with van der Waals surface area (Å²) in [4.78, 5) is 8.58. The monoisotopic (exact) mass is 819 g/mol. The van der Waals surface area contributed by atoms with Crippen LogP contribution in [-0.4, -0.2) is 45.5 Å². The number of ether oxygens (including phenoxy) is 2. The highest BCUT2D eigenvalue weighted by Gasteiger charge is 2.25. The third-order valence-electron chi connectivity index (χ3n) is 7.06. The Balaban J connectivity index is 0.000000202. The van der Waals surface area contributed by atoms with Crippen LogP contribution in [0.4, 0.5) is 29.1 Å². The number of aromatic nitrogens is 3. The van der Waals surface area contributed by atoms with Crippen molar-refractivity contribution >= 4 is 94.2 Å². The Morgan fingerprint density at radius 2 is 1.48 bits per heavy atom. The lowest BCUT2D eigenvalue weighted by Gasteiger charge is -2.09. The van der Waals surface area contributed by atoms with E-state index in [9.17, 15) is 34.4 Å². The summed E-state index contributed by atoms with van der Waals surface area (Å²) in [6.07, 6.45) is 4.82.